The van der Waals surface area contributed by atoms with Crippen molar-refractivity contribution in [3.63, 3.8) is 0 Å². The lowest BCUT2D eigenvalue weighted by molar-refractivity contribution is 0.135. The number of halogens is 2. The van der Waals surface area contributed by atoms with Crippen LogP contribution in [0.2, 0.25) is 0 Å². The smallest absolute Gasteiger partial charge is 0.155 e. The number of methoxy groups -OCH3 is 1. The molecule has 156 valence electrons. The van der Waals surface area contributed by atoms with Gasteiger partial charge >= 0.3 is 0 Å². The van der Waals surface area contributed by atoms with Gasteiger partial charge in [-0.15, -0.1) is 0 Å². The number of aromatic nitrogens is 5. The van der Waals surface area contributed by atoms with Gasteiger partial charge < -0.3 is 9.47 Å². The fourth-order valence-electron chi connectivity index (χ4n) is 3.36. The lowest BCUT2D eigenvalue weighted by Gasteiger charge is -2.14. The van der Waals surface area contributed by atoms with Gasteiger partial charge in [0.25, 0.3) is 0 Å². The molecule has 0 unspecified atom stereocenters. The number of rotatable bonds is 7. The van der Waals surface area contributed by atoms with E-state index in [1.807, 2.05) is 30.5 Å². The molecule has 0 radical (unpaired) electrons. The van der Waals surface area contributed by atoms with E-state index in [4.69, 9.17) is 9.47 Å². The zero-order chi connectivity index (χ0) is 21.3. The molecule has 4 rings (SSSR count). The molecule has 0 amide bonds. The normalized spacial score (nSPS) is 11.4. The van der Waals surface area contributed by atoms with Crippen molar-refractivity contribution >= 4 is 11.0 Å². The predicted octanol–water partition coefficient (Wildman–Crippen LogP) is 3.82. The molecule has 0 aliphatic rings. The SMILES string of the molecule is COc1cc(-n2cccn2)ccc1-c1nn(C)c2c(OC(CF)CF)cc(C)nc12. The second kappa shape index (κ2) is 8.10. The molecule has 0 atom stereocenters. The summed E-state index contributed by atoms with van der Waals surface area (Å²) in [5.41, 5.74) is 3.92. The van der Waals surface area contributed by atoms with Gasteiger partial charge in [0.2, 0.25) is 0 Å². The quantitative estimate of drug-likeness (QED) is 0.461. The van der Waals surface area contributed by atoms with Crippen LogP contribution >= 0.6 is 0 Å². The Labute approximate surface area is 171 Å². The first-order valence-corrected chi connectivity index (χ1v) is 9.37. The maximum Gasteiger partial charge on any atom is 0.155 e. The molecule has 0 N–H and O–H groups in total. The number of aryl methyl sites for hydroxylation is 2. The first kappa shape index (κ1) is 19.8. The van der Waals surface area contributed by atoms with E-state index in [1.165, 1.54) is 0 Å². The number of alkyl halides is 2. The van der Waals surface area contributed by atoms with Crippen LogP contribution in [-0.4, -0.2) is 51.1 Å². The largest absolute Gasteiger partial charge is 0.496 e. The molecular weight excluding hydrogens is 392 g/mol. The monoisotopic (exact) mass is 413 g/mol. The summed E-state index contributed by atoms with van der Waals surface area (Å²) in [6.45, 7) is -0.0550. The van der Waals surface area contributed by atoms with Crippen LogP contribution in [0, 0.1) is 6.92 Å². The molecule has 0 aliphatic heterocycles. The first-order chi connectivity index (χ1) is 14.5. The second-order valence-electron chi connectivity index (χ2n) is 6.81. The highest BCUT2D eigenvalue weighted by molar-refractivity contribution is 5.95. The molecule has 0 saturated carbocycles. The fraction of sp³-hybridized carbons (Fsp3) is 0.286. The zero-order valence-electron chi connectivity index (χ0n) is 16.8. The Hall–Kier alpha value is -3.49. The summed E-state index contributed by atoms with van der Waals surface area (Å²) in [6, 6.07) is 9.14. The Kier molecular flexibility index (Phi) is 5.35. The summed E-state index contributed by atoms with van der Waals surface area (Å²) in [4.78, 5) is 4.62. The van der Waals surface area contributed by atoms with Gasteiger partial charge in [0.05, 0.1) is 12.8 Å². The highest BCUT2D eigenvalue weighted by atomic mass is 19.1. The highest BCUT2D eigenvalue weighted by Crippen LogP contribution is 2.37. The first-order valence-electron chi connectivity index (χ1n) is 9.37. The lowest BCUT2D eigenvalue weighted by Crippen LogP contribution is -2.21. The van der Waals surface area contributed by atoms with Crippen molar-refractivity contribution in [2.75, 3.05) is 20.5 Å². The van der Waals surface area contributed by atoms with E-state index in [0.717, 1.165) is 11.3 Å². The average Bonchev–Trinajstić information content (AvgIpc) is 3.40. The third-order valence-electron chi connectivity index (χ3n) is 4.73. The Morgan fingerprint density at radius 1 is 1.13 bits per heavy atom. The number of nitrogens with zero attached hydrogens (tertiary/aromatic N) is 5. The van der Waals surface area contributed by atoms with Crippen LogP contribution in [0.25, 0.3) is 28.0 Å². The van der Waals surface area contributed by atoms with Crippen molar-refractivity contribution in [2.45, 2.75) is 13.0 Å². The number of hydrogen-bond donors (Lipinski definition) is 0. The minimum absolute atomic E-state index is 0.339. The molecule has 0 fully saturated rings. The summed E-state index contributed by atoms with van der Waals surface area (Å²) < 4.78 is 40.6. The molecule has 0 spiro atoms. The minimum atomic E-state index is -1.17. The maximum atomic E-state index is 13.0. The van der Waals surface area contributed by atoms with Gasteiger partial charge in [-0.05, 0) is 25.1 Å². The molecule has 30 heavy (non-hydrogen) atoms. The standard InChI is InChI=1S/C21H21F2N5O2/c1-13-9-18(30-15(11-22)12-23)21-20(25-13)19(26-27(21)2)16-6-5-14(10-17(16)29-3)28-8-4-7-24-28/h4-10,15H,11-12H2,1-3H3. The molecule has 1 aromatic carbocycles. The predicted molar refractivity (Wildman–Crippen MR) is 109 cm³/mol. The minimum Gasteiger partial charge on any atom is -0.496 e. The number of hydrogen-bond acceptors (Lipinski definition) is 5. The Morgan fingerprint density at radius 3 is 2.60 bits per heavy atom. The summed E-state index contributed by atoms with van der Waals surface area (Å²) >= 11 is 0. The van der Waals surface area contributed by atoms with Crippen molar-refractivity contribution in [3.05, 3.63) is 48.4 Å². The van der Waals surface area contributed by atoms with Gasteiger partial charge in [-0.3, -0.25) is 4.68 Å². The number of ether oxygens (including phenoxy) is 2. The zero-order valence-corrected chi connectivity index (χ0v) is 16.8. The highest BCUT2D eigenvalue weighted by Gasteiger charge is 2.22. The molecule has 4 aromatic rings. The molecule has 9 heteroatoms. The molecule has 0 aliphatic carbocycles. The van der Waals surface area contributed by atoms with Gasteiger partial charge in [0.1, 0.15) is 41.6 Å². The van der Waals surface area contributed by atoms with Crippen LogP contribution in [0.5, 0.6) is 11.5 Å². The van der Waals surface area contributed by atoms with Crippen LogP contribution in [0.4, 0.5) is 8.78 Å². The second-order valence-corrected chi connectivity index (χ2v) is 6.81. The molecule has 3 heterocycles. The molecule has 0 bridgehead atoms. The summed E-state index contributed by atoms with van der Waals surface area (Å²) in [7, 11) is 3.32. The van der Waals surface area contributed by atoms with E-state index < -0.39 is 19.5 Å². The fourth-order valence-corrected chi connectivity index (χ4v) is 3.36. The van der Waals surface area contributed by atoms with Crippen molar-refractivity contribution in [1.29, 1.82) is 0 Å². The van der Waals surface area contributed by atoms with E-state index in [2.05, 4.69) is 15.2 Å². The van der Waals surface area contributed by atoms with Gasteiger partial charge in [0.15, 0.2) is 6.10 Å². The summed E-state index contributed by atoms with van der Waals surface area (Å²) in [5.74, 6) is 0.936. The van der Waals surface area contributed by atoms with E-state index >= 15 is 0 Å². The Balaban J connectivity index is 1.87. The summed E-state index contributed by atoms with van der Waals surface area (Å²) in [5, 5.41) is 8.84. The molecule has 3 aromatic heterocycles. The van der Waals surface area contributed by atoms with Crippen LogP contribution in [0.15, 0.2) is 42.7 Å². The Bertz CT molecular complexity index is 1170. The van der Waals surface area contributed by atoms with Gasteiger partial charge in [-0.1, -0.05) is 0 Å². The molecule has 7 nitrogen and oxygen atoms in total. The third-order valence-corrected chi connectivity index (χ3v) is 4.73. The Morgan fingerprint density at radius 2 is 1.93 bits per heavy atom. The topological polar surface area (TPSA) is 67.0 Å². The lowest BCUT2D eigenvalue weighted by atomic mass is 10.1. The van der Waals surface area contributed by atoms with Crippen molar-refractivity contribution in [3.8, 4) is 28.4 Å². The van der Waals surface area contributed by atoms with Crippen molar-refractivity contribution in [2.24, 2.45) is 7.05 Å². The van der Waals surface area contributed by atoms with Crippen molar-refractivity contribution < 1.29 is 18.3 Å². The van der Waals surface area contributed by atoms with Crippen molar-refractivity contribution in [1.82, 2.24) is 24.5 Å². The van der Waals surface area contributed by atoms with Gasteiger partial charge in [-0.25, -0.2) is 18.4 Å². The number of benzene rings is 1. The molecular formula is C21H21F2N5O2. The van der Waals surface area contributed by atoms with Crippen LogP contribution < -0.4 is 9.47 Å². The van der Waals surface area contributed by atoms with E-state index in [9.17, 15) is 8.78 Å². The number of fused-ring (bicyclic) bond motifs is 1. The molecule has 0 saturated heterocycles. The van der Waals surface area contributed by atoms with E-state index in [-0.39, 0.29) is 0 Å². The van der Waals surface area contributed by atoms with Crippen LogP contribution in [-0.2, 0) is 7.05 Å². The van der Waals surface area contributed by atoms with Crippen LogP contribution in [0.3, 0.4) is 0 Å². The van der Waals surface area contributed by atoms with Gasteiger partial charge in [-0.2, -0.15) is 10.2 Å². The maximum absolute atomic E-state index is 13.0. The van der Waals surface area contributed by atoms with E-state index in [0.29, 0.717) is 33.9 Å². The van der Waals surface area contributed by atoms with E-state index in [1.54, 1.807) is 42.7 Å². The average molecular weight is 413 g/mol. The summed E-state index contributed by atoms with van der Waals surface area (Å²) in [6.07, 6.45) is 2.37. The third kappa shape index (κ3) is 3.47. The van der Waals surface area contributed by atoms with Crippen LogP contribution in [0.1, 0.15) is 5.69 Å². The number of pyridine rings is 1. The van der Waals surface area contributed by atoms with Gasteiger partial charge in [0, 0.05) is 42.8 Å².